The molecule has 0 amide bonds. The first-order chi connectivity index (χ1) is 19.8. The van der Waals surface area contributed by atoms with Crippen molar-refractivity contribution >= 4 is 30.5 Å². The second kappa shape index (κ2) is 14.2. The number of alkyl halides is 1. The third kappa shape index (κ3) is 7.95. The van der Waals surface area contributed by atoms with Gasteiger partial charge in [0.15, 0.2) is 28.2 Å². The summed E-state index contributed by atoms with van der Waals surface area (Å²) in [5, 5.41) is -0.865. The fourth-order valence-electron chi connectivity index (χ4n) is 4.66. The number of benzene rings is 3. The highest BCUT2D eigenvalue weighted by molar-refractivity contribution is 7.85. The maximum absolute atomic E-state index is 15.2. The molecule has 3 aromatic carbocycles. The van der Waals surface area contributed by atoms with E-state index >= 15 is 8.78 Å². The second-order valence-electron chi connectivity index (χ2n) is 9.36. The van der Waals surface area contributed by atoms with Crippen molar-refractivity contribution < 1.29 is 45.2 Å². The van der Waals surface area contributed by atoms with Crippen LogP contribution < -0.4 is 0 Å². The number of hydrogen-bond donors (Lipinski definition) is 1. The Kier molecular flexibility index (Phi) is 11.0. The Morgan fingerprint density at radius 1 is 0.878 bits per heavy atom. The number of halogens is 5. The molecule has 224 valence electrons. The summed E-state index contributed by atoms with van der Waals surface area (Å²) >= 11 is 6.54. The summed E-state index contributed by atoms with van der Waals surface area (Å²) in [5.41, 5.74) is 1.23. The lowest BCUT2D eigenvalue weighted by Gasteiger charge is -2.24. The van der Waals surface area contributed by atoms with Crippen LogP contribution in [0.2, 0.25) is 6.04 Å². The average Bonchev–Trinajstić information content (AvgIpc) is 2.96. The van der Waals surface area contributed by atoms with Crippen molar-refractivity contribution in [2.24, 2.45) is 0 Å². The Bertz CT molecular complexity index is 1440. The van der Waals surface area contributed by atoms with E-state index in [0.29, 0.717) is 18.0 Å². The van der Waals surface area contributed by atoms with Crippen molar-refractivity contribution in [3.63, 3.8) is 0 Å². The zero-order chi connectivity index (χ0) is 31.2. The van der Waals surface area contributed by atoms with Crippen LogP contribution in [0.4, 0.5) is 17.6 Å². The van der Waals surface area contributed by atoms with Crippen LogP contribution in [0, 0.1) is 23.3 Å². The summed E-state index contributed by atoms with van der Waals surface area (Å²) in [5.74, 6) is -9.47. The Balaban J connectivity index is 1.91. The topological polar surface area (TPSA) is 82.1 Å². The highest BCUT2D eigenvalue weighted by Crippen LogP contribution is 2.40. The van der Waals surface area contributed by atoms with Gasteiger partial charge in [0, 0.05) is 32.9 Å². The summed E-state index contributed by atoms with van der Waals surface area (Å²) in [6, 6.07) is 14.1. The zero-order valence-corrected chi connectivity index (χ0v) is 25.2. The molecule has 0 aliphatic heterocycles. The van der Waals surface area contributed by atoms with E-state index in [0.717, 1.165) is 11.1 Å². The van der Waals surface area contributed by atoms with Crippen LogP contribution in [-0.2, 0) is 36.2 Å². The van der Waals surface area contributed by atoms with Crippen molar-refractivity contribution in [3.05, 3.63) is 100 Å². The lowest BCUT2D eigenvalue weighted by Crippen LogP contribution is -2.43. The van der Waals surface area contributed by atoms with E-state index in [1.807, 2.05) is 24.3 Å². The first kappa shape index (κ1) is 31.6. The van der Waals surface area contributed by atoms with Crippen molar-refractivity contribution in [2.45, 2.75) is 47.9 Å². The molecule has 1 N–H and O–H groups in total. The van der Waals surface area contributed by atoms with E-state index in [9.17, 15) is 17.2 Å². The van der Waals surface area contributed by atoms with Gasteiger partial charge in [-0.3, -0.25) is 4.55 Å². The molecule has 0 saturated heterocycles. The average molecular weight is 637 g/mol. The quantitative estimate of drug-likeness (QED) is 0.0675. The van der Waals surface area contributed by atoms with Crippen molar-refractivity contribution in [1.29, 1.82) is 0 Å². The Morgan fingerprint density at radius 2 is 1.37 bits per heavy atom. The van der Waals surface area contributed by atoms with E-state index in [1.165, 1.54) is 33.5 Å². The summed E-state index contributed by atoms with van der Waals surface area (Å²) < 4.78 is 116. The van der Waals surface area contributed by atoms with Crippen LogP contribution in [-0.4, -0.2) is 43.1 Å². The second-order valence-corrected chi connectivity index (χ2v) is 14.3. The molecule has 3 rings (SSSR count). The largest absolute Gasteiger partial charge is 0.500 e. The minimum Gasteiger partial charge on any atom is -0.377 e. The van der Waals surface area contributed by atoms with Gasteiger partial charge in [-0.05, 0) is 48.3 Å². The van der Waals surface area contributed by atoms with E-state index in [1.54, 1.807) is 12.1 Å². The maximum Gasteiger partial charge on any atom is 0.500 e. The lowest BCUT2D eigenvalue weighted by molar-refractivity contribution is 0.123. The van der Waals surface area contributed by atoms with E-state index in [2.05, 4.69) is 0 Å². The molecule has 0 aliphatic carbocycles. The standard InChI is InChI=1S/C28H31ClF4O6SSi/c1-37-41(38-2,39-3)16-15-19-11-9-18(10-12-19)13-14-21(17-22(29)20-7-5-4-6-8-20)23-24(30)26(32)28(40(34,35)36)27(33)25(23)31/h4-12,21-22H,13-17H2,1-3H3,(H,34,35,36)/i4T. The van der Waals surface area contributed by atoms with Crippen molar-refractivity contribution in [3.8, 4) is 0 Å². The fraction of sp³-hybridized carbons (Fsp3) is 0.357. The molecule has 0 spiro atoms. The monoisotopic (exact) mass is 636 g/mol. The number of rotatable bonds is 14. The van der Waals surface area contributed by atoms with E-state index in [4.69, 9.17) is 30.8 Å². The minimum atomic E-state index is -5.60. The molecule has 13 heteroatoms. The lowest BCUT2D eigenvalue weighted by atomic mass is 9.86. The molecule has 0 fully saturated rings. The highest BCUT2D eigenvalue weighted by Gasteiger charge is 2.37. The molecule has 41 heavy (non-hydrogen) atoms. The summed E-state index contributed by atoms with van der Waals surface area (Å²) in [6.07, 6.45) is 0.650. The molecule has 0 radical (unpaired) electrons. The first-order valence-corrected chi connectivity index (χ1v) is 16.3. The van der Waals surface area contributed by atoms with Crippen LogP contribution in [0.3, 0.4) is 0 Å². The molecular formula is C28H31ClF4O6SSi. The van der Waals surface area contributed by atoms with Gasteiger partial charge in [0.05, 0.1) is 6.75 Å². The molecule has 6 nitrogen and oxygen atoms in total. The zero-order valence-electron chi connectivity index (χ0n) is 23.6. The SMILES string of the molecule is [3H]c1ccc(C(Cl)CC(CCc2ccc(CC[Si](OC)(OC)OC)cc2)c2c(F)c(F)c(S(=O)(=O)O)c(F)c2F)cc1. The molecule has 2 atom stereocenters. The van der Waals surface area contributed by atoms with Gasteiger partial charge in [-0.2, -0.15) is 8.42 Å². The third-order valence-electron chi connectivity index (χ3n) is 6.98. The number of hydrogen-bond acceptors (Lipinski definition) is 5. The smallest absolute Gasteiger partial charge is 0.377 e. The van der Waals surface area contributed by atoms with Gasteiger partial charge in [0.25, 0.3) is 0 Å². The van der Waals surface area contributed by atoms with Crippen LogP contribution >= 0.6 is 11.6 Å². The summed E-state index contributed by atoms with van der Waals surface area (Å²) in [7, 11) is -3.80. The molecule has 0 bridgehead atoms. The maximum atomic E-state index is 15.2. The van der Waals surface area contributed by atoms with Gasteiger partial charge in [-0.25, -0.2) is 17.6 Å². The third-order valence-corrected chi connectivity index (χ3v) is 11.0. The van der Waals surface area contributed by atoms with Gasteiger partial charge >= 0.3 is 18.9 Å². The Hall–Kier alpha value is -2.32. The van der Waals surface area contributed by atoms with Gasteiger partial charge in [0.1, 0.15) is 0 Å². The Morgan fingerprint density at radius 3 is 1.83 bits per heavy atom. The Labute approximate surface area is 244 Å². The number of aryl methyl sites for hydroxylation is 2. The van der Waals surface area contributed by atoms with Crippen LogP contribution in [0.15, 0.2) is 59.5 Å². The molecular weight excluding hydrogens is 604 g/mol. The van der Waals surface area contributed by atoms with E-state index < -0.39 is 63.9 Å². The van der Waals surface area contributed by atoms with Gasteiger partial charge in [-0.15, -0.1) is 11.6 Å². The predicted molar refractivity (Wildman–Crippen MR) is 149 cm³/mol. The summed E-state index contributed by atoms with van der Waals surface area (Å²) in [6.45, 7) is 0. The molecule has 0 aromatic heterocycles. The normalized spacial score (nSPS) is 14.1. The predicted octanol–water partition coefficient (Wildman–Crippen LogP) is 7.00. The van der Waals surface area contributed by atoms with E-state index in [-0.39, 0.29) is 25.3 Å². The van der Waals surface area contributed by atoms with Gasteiger partial charge in [0.2, 0.25) is 0 Å². The highest BCUT2D eigenvalue weighted by atomic mass is 35.5. The fourth-order valence-corrected chi connectivity index (χ4v) is 7.36. The first-order valence-electron chi connectivity index (χ1n) is 13.0. The van der Waals surface area contributed by atoms with Gasteiger partial charge < -0.3 is 13.3 Å². The summed E-state index contributed by atoms with van der Waals surface area (Å²) in [4.78, 5) is -2.09. The van der Waals surface area contributed by atoms with Crippen LogP contribution in [0.5, 0.6) is 0 Å². The van der Waals surface area contributed by atoms with Crippen LogP contribution in [0.1, 0.15) is 47.8 Å². The molecule has 0 aliphatic rings. The minimum absolute atomic E-state index is 0.00984. The molecule has 0 heterocycles. The van der Waals surface area contributed by atoms with Crippen molar-refractivity contribution in [1.82, 2.24) is 0 Å². The molecule has 2 unspecified atom stereocenters. The van der Waals surface area contributed by atoms with Crippen molar-refractivity contribution in [2.75, 3.05) is 21.3 Å². The van der Waals surface area contributed by atoms with Crippen LogP contribution in [0.25, 0.3) is 0 Å². The molecule has 0 saturated carbocycles. The van der Waals surface area contributed by atoms with Gasteiger partial charge in [-0.1, -0.05) is 54.6 Å². The molecule has 3 aromatic rings.